The van der Waals surface area contributed by atoms with E-state index < -0.39 is 11.7 Å². The highest BCUT2D eigenvalue weighted by Crippen LogP contribution is 2.34. The van der Waals surface area contributed by atoms with E-state index in [0.29, 0.717) is 16.7 Å². The van der Waals surface area contributed by atoms with Gasteiger partial charge in [-0.1, -0.05) is 37.3 Å². The molecule has 0 aliphatic carbocycles. The fraction of sp³-hybridized carbons (Fsp3) is 0.250. The third-order valence-electron chi connectivity index (χ3n) is 3.26. The van der Waals surface area contributed by atoms with Gasteiger partial charge in [0.25, 0.3) is 0 Å². The van der Waals surface area contributed by atoms with Gasteiger partial charge < -0.3 is 5.32 Å². The second-order valence-electron chi connectivity index (χ2n) is 4.89. The Morgan fingerprint density at radius 3 is 2.33 bits per heavy atom. The van der Waals surface area contributed by atoms with E-state index in [1.54, 1.807) is 0 Å². The lowest BCUT2D eigenvalue weighted by Crippen LogP contribution is -2.11. The van der Waals surface area contributed by atoms with Crippen molar-refractivity contribution in [2.24, 2.45) is 0 Å². The predicted octanol–water partition coefficient (Wildman–Crippen LogP) is 5.68. The Bertz CT molecular complexity index is 596. The summed E-state index contributed by atoms with van der Waals surface area (Å²) < 4.78 is 38.2. The summed E-state index contributed by atoms with van der Waals surface area (Å²) >= 11 is 3.18. The van der Waals surface area contributed by atoms with Crippen LogP contribution in [0, 0.1) is 0 Å². The lowest BCUT2D eigenvalue weighted by Gasteiger charge is -2.16. The molecular weight excluding hydrogens is 343 g/mol. The number of halogens is 4. The molecule has 0 aliphatic heterocycles. The zero-order chi connectivity index (χ0) is 15.5. The molecule has 1 nitrogen and oxygen atoms in total. The van der Waals surface area contributed by atoms with E-state index in [2.05, 4.69) is 28.2 Å². The van der Waals surface area contributed by atoms with Crippen LogP contribution in [-0.4, -0.2) is 6.54 Å². The van der Waals surface area contributed by atoms with Crippen LogP contribution in [0.15, 0.2) is 53.0 Å². The molecule has 0 heterocycles. The minimum Gasteiger partial charge on any atom is -0.384 e. The Hall–Kier alpha value is -1.49. The summed E-state index contributed by atoms with van der Waals surface area (Å²) in [5.41, 5.74) is 1.19. The Kier molecular flexibility index (Phi) is 4.93. The number of alkyl halides is 3. The molecule has 0 spiro atoms. The quantitative estimate of drug-likeness (QED) is 0.741. The summed E-state index contributed by atoms with van der Waals surface area (Å²) in [5, 5.41) is 3.18. The van der Waals surface area contributed by atoms with Crippen LogP contribution in [0.3, 0.4) is 0 Å². The fourth-order valence-electron chi connectivity index (χ4n) is 2.00. The van der Waals surface area contributed by atoms with Gasteiger partial charge in [-0.3, -0.25) is 0 Å². The number of anilines is 1. The van der Waals surface area contributed by atoms with E-state index in [1.165, 1.54) is 11.6 Å². The van der Waals surface area contributed by atoms with Crippen molar-refractivity contribution < 1.29 is 13.2 Å². The zero-order valence-electron chi connectivity index (χ0n) is 11.4. The minimum absolute atomic E-state index is 0.264. The Morgan fingerprint density at radius 2 is 1.76 bits per heavy atom. The molecule has 0 radical (unpaired) electrons. The first kappa shape index (κ1) is 15.9. The molecule has 0 aromatic heterocycles. The highest BCUT2D eigenvalue weighted by Gasteiger charge is 2.30. The lowest BCUT2D eigenvalue weighted by molar-refractivity contribution is -0.137. The zero-order valence-corrected chi connectivity index (χ0v) is 13.0. The maximum atomic E-state index is 12.6. The SMILES string of the molecule is CC(CNc1ccc(C(F)(F)F)cc1Br)c1ccccc1. The van der Waals surface area contributed by atoms with Gasteiger partial charge in [0.15, 0.2) is 0 Å². The number of rotatable bonds is 4. The molecule has 0 saturated heterocycles. The molecule has 0 amide bonds. The first-order valence-electron chi connectivity index (χ1n) is 6.53. The van der Waals surface area contributed by atoms with Crippen molar-refractivity contribution in [3.63, 3.8) is 0 Å². The van der Waals surface area contributed by atoms with Crippen LogP contribution >= 0.6 is 15.9 Å². The van der Waals surface area contributed by atoms with E-state index in [0.717, 1.165) is 12.1 Å². The molecule has 0 aliphatic rings. The van der Waals surface area contributed by atoms with Crippen molar-refractivity contribution in [2.45, 2.75) is 19.0 Å². The molecule has 0 saturated carbocycles. The average Bonchev–Trinajstić information content (AvgIpc) is 2.45. The van der Waals surface area contributed by atoms with E-state index in [9.17, 15) is 13.2 Å². The van der Waals surface area contributed by atoms with Gasteiger partial charge in [0, 0.05) is 16.7 Å². The molecule has 0 fully saturated rings. The van der Waals surface area contributed by atoms with Crippen molar-refractivity contribution in [3.05, 3.63) is 64.1 Å². The Balaban J connectivity index is 2.04. The number of hydrogen-bond donors (Lipinski definition) is 1. The van der Waals surface area contributed by atoms with Gasteiger partial charge in [0.2, 0.25) is 0 Å². The summed E-state index contributed by atoms with van der Waals surface area (Å²) in [4.78, 5) is 0. The first-order valence-corrected chi connectivity index (χ1v) is 7.33. The molecule has 0 bridgehead atoms. The van der Waals surface area contributed by atoms with Crippen LogP contribution in [0.4, 0.5) is 18.9 Å². The molecule has 112 valence electrons. The van der Waals surface area contributed by atoms with Crippen molar-refractivity contribution >= 4 is 21.6 Å². The average molecular weight is 358 g/mol. The highest BCUT2D eigenvalue weighted by atomic mass is 79.9. The topological polar surface area (TPSA) is 12.0 Å². The van der Waals surface area contributed by atoms with E-state index in [-0.39, 0.29) is 5.92 Å². The van der Waals surface area contributed by atoms with Crippen LogP contribution in [0.5, 0.6) is 0 Å². The van der Waals surface area contributed by atoms with Gasteiger partial charge in [-0.15, -0.1) is 0 Å². The maximum absolute atomic E-state index is 12.6. The van der Waals surface area contributed by atoms with Gasteiger partial charge in [-0.05, 0) is 45.6 Å². The van der Waals surface area contributed by atoms with Gasteiger partial charge >= 0.3 is 6.18 Å². The third kappa shape index (κ3) is 4.24. The third-order valence-corrected chi connectivity index (χ3v) is 3.92. The lowest BCUT2D eigenvalue weighted by atomic mass is 10.0. The fourth-order valence-corrected chi connectivity index (χ4v) is 2.52. The van der Waals surface area contributed by atoms with Crippen molar-refractivity contribution in [3.8, 4) is 0 Å². The monoisotopic (exact) mass is 357 g/mol. The summed E-state index contributed by atoms with van der Waals surface area (Å²) in [7, 11) is 0. The standard InChI is InChI=1S/C16H15BrF3N/c1-11(12-5-3-2-4-6-12)10-21-15-8-7-13(9-14(15)17)16(18,19)20/h2-9,11,21H,10H2,1H3. The molecule has 2 aromatic carbocycles. The second-order valence-corrected chi connectivity index (χ2v) is 5.74. The molecule has 1 N–H and O–H groups in total. The Morgan fingerprint density at radius 1 is 1.10 bits per heavy atom. The largest absolute Gasteiger partial charge is 0.416 e. The number of hydrogen-bond acceptors (Lipinski definition) is 1. The predicted molar refractivity (Wildman–Crippen MR) is 82.5 cm³/mol. The van der Waals surface area contributed by atoms with Gasteiger partial charge in [0.05, 0.1) is 5.56 Å². The summed E-state index contributed by atoms with van der Waals surface area (Å²) in [6, 6.07) is 13.6. The number of benzene rings is 2. The van der Waals surface area contributed by atoms with Gasteiger partial charge in [0.1, 0.15) is 0 Å². The van der Waals surface area contributed by atoms with E-state index in [1.807, 2.05) is 30.3 Å². The van der Waals surface area contributed by atoms with Crippen LogP contribution in [0.25, 0.3) is 0 Å². The van der Waals surface area contributed by atoms with E-state index in [4.69, 9.17) is 0 Å². The first-order chi connectivity index (χ1) is 9.88. The molecule has 21 heavy (non-hydrogen) atoms. The Labute approximate surface area is 130 Å². The summed E-state index contributed by atoms with van der Waals surface area (Å²) in [6.07, 6.45) is -4.32. The van der Waals surface area contributed by atoms with Gasteiger partial charge in [-0.25, -0.2) is 0 Å². The van der Waals surface area contributed by atoms with Crippen LogP contribution < -0.4 is 5.32 Å². The van der Waals surface area contributed by atoms with Crippen molar-refractivity contribution in [2.75, 3.05) is 11.9 Å². The maximum Gasteiger partial charge on any atom is 0.416 e. The molecule has 2 rings (SSSR count). The molecule has 2 aromatic rings. The van der Waals surface area contributed by atoms with E-state index >= 15 is 0 Å². The van der Waals surface area contributed by atoms with Crippen molar-refractivity contribution in [1.82, 2.24) is 0 Å². The summed E-state index contributed by atoms with van der Waals surface area (Å²) in [5.74, 6) is 0.264. The van der Waals surface area contributed by atoms with Gasteiger partial charge in [-0.2, -0.15) is 13.2 Å². The van der Waals surface area contributed by atoms with Crippen molar-refractivity contribution in [1.29, 1.82) is 0 Å². The smallest absolute Gasteiger partial charge is 0.384 e. The van der Waals surface area contributed by atoms with Crippen LogP contribution in [0.1, 0.15) is 24.0 Å². The summed E-state index contributed by atoms with van der Waals surface area (Å²) in [6.45, 7) is 2.72. The van der Waals surface area contributed by atoms with Crippen LogP contribution in [-0.2, 0) is 6.18 Å². The second kappa shape index (κ2) is 6.52. The normalized spacial score (nSPS) is 13.0. The van der Waals surface area contributed by atoms with Crippen LogP contribution in [0.2, 0.25) is 0 Å². The molecular formula is C16H15BrF3N. The molecule has 1 unspecified atom stereocenters. The molecule has 1 atom stereocenters. The highest BCUT2D eigenvalue weighted by molar-refractivity contribution is 9.10. The number of nitrogens with one attached hydrogen (secondary N) is 1. The molecule has 5 heteroatoms. The minimum atomic E-state index is -4.32.